The Kier molecular flexibility index (Phi) is 6.07. The molecule has 25 heavy (non-hydrogen) atoms. The Morgan fingerprint density at radius 1 is 1.16 bits per heavy atom. The summed E-state index contributed by atoms with van der Waals surface area (Å²) >= 11 is 0. The number of nitrogens with two attached hydrogens (primary N) is 1. The molecular weight excluding hydrogens is 329 g/mol. The number of benzene rings is 2. The maximum absolute atomic E-state index is 12.9. The van der Waals surface area contributed by atoms with E-state index in [1.807, 2.05) is 6.92 Å². The van der Waals surface area contributed by atoms with E-state index >= 15 is 0 Å². The Labute approximate surface area is 145 Å². The highest BCUT2D eigenvalue weighted by molar-refractivity contribution is 5.79. The molecular formula is C19H21F3N2O. The number of halogens is 3. The van der Waals surface area contributed by atoms with Crippen molar-refractivity contribution in [3.63, 3.8) is 0 Å². The second-order valence-corrected chi connectivity index (χ2v) is 5.95. The van der Waals surface area contributed by atoms with E-state index < -0.39 is 17.8 Å². The van der Waals surface area contributed by atoms with Crippen LogP contribution < -0.4 is 11.1 Å². The summed E-state index contributed by atoms with van der Waals surface area (Å²) in [5.74, 6) is -0.236. The van der Waals surface area contributed by atoms with Crippen molar-refractivity contribution in [3.8, 4) is 0 Å². The first-order valence-corrected chi connectivity index (χ1v) is 8.10. The fourth-order valence-corrected chi connectivity index (χ4v) is 2.61. The van der Waals surface area contributed by atoms with Crippen LogP contribution in [0, 0.1) is 0 Å². The molecule has 0 aliphatic carbocycles. The van der Waals surface area contributed by atoms with E-state index in [1.54, 1.807) is 30.3 Å². The van der Waals surface area contributed by atoms with Crippen LogP contribution in [0.4, 0.5) is 18.9 Å². The number of amides is 1. The number of alkyl halides is 3. The Morgan fingerprint density at radius 3 is 2.44 bits per heavy atom. The average molecular weight is 350 g/mol. The van der Waals surface area contributed by atoms with Crippen molar-refractivity contribution in [1.82, 2.24) is 5.32 Å². The van der Waals surface area contributed by atoms with E-state index in [1.165, 1.54) is 6.07 Å². The van der Waals surface area contributed by atoms with Gasteiger partial charge in [-0.25, -0.2) is 0 Å². The van der Waals surface area contributed by atoms with Gasteiger partial charge in [0.2, 0.25) is 5.91 Å². The predicted molar refractivity (Wildman–Crippen MR) is 91.8 cm³/mol. The Bertz CT molecular complexity index is 711. The van der Waals surface area contributed by atoms with Gasteiger partial charge in [-0.1, -0.05) is 37.6 Å². The highest BCUT2D eigenvalue weighted by Gasteiger charge is 2.31. The van der Waals surface area contributed by atoms with Crippen LogP contribution in [0.5, 0.6) is 0 Å². The third kappa shape index (κ3) is 5.52. The molecule has 134 valence electrons. The average Bonchev–Trinajstić information content (AvgIpc) is 2.56. The summed E-state index contributed by atoms with van der Waals surface area (Å²) in [6.07, 6.45) is -2.95. The molecule has 3 N–H and O–H groups in total. The van der Waals surface area contributed by atoms with E-state index in [4.69, 9.17) is 5.73 Å². The molecule has 1 atom stereocenters. The third-order valence-electron chi connectivity index (χ3n) is 3.87. The zero-order chi connectivity index (χ0) is 18.4. The van der Waals surface area contributed by atoms with Crippen molar-refractivity contribution >= 4 is 11.6 Å². The minimum absolute atomic E-state index is 0.152. The minimum Gasteiger partial charge on any atom is -0.399 e. The maximum atomic E-state index is 12.9. The molecule has 0 saturated heterocycles. The van der Waals surface area contributed by atoms with Crippen molar-refractivity contribution in [3.05, 3.63) is 65.2 Å². The number of hydrogen-bond donors (Lipinski definition) is 2. The van der Waals surface area contributed by atoms with E-state index in [0.29, 0.717) is 17.7 Å². The predicted octanol–water partition coefficient (Wildman–Crippen LogP) is 4.49. The quantitative estimate of drug-likeness (QED) is 0.754. The number of anilines is 1. The lowest BCUT2D eigenvalue weighted by Gasteiger charge is -2.20. The molecule has 0 aliphatic heterocycles. The minimum atomic E-state index is -4.40. The maximum Gasteiger partial charge on any atom is 0.416 e. The lowest BCUT2D eigenvalue weighted by Crippen LogP contribution is -2.30. The van der Waals surface area contributed by atoms with Gasteiger partial charge in [0.15, 0.2) is 0 Å². The van der Waals surface area contributed by atoms with Gasteiger partial charge in [0, 0.05) is 5.69 Å². The Morgan fingerprint density at radius 2 is 1.84 bits per heavy atom. The second-order valence-electron chi connectivity index (χ2n) is 5.95. The van der Waals surface area contributed by atoms with Crippen LogP contribution in [-0.4, -0.2) is 5.91 Å². The van der Waals surface area contributed by atoms with Crippen LogP contribution >= 0.6 is 0 Å². The van der Waals surface area contributed by atoms with Gasteiger partial charge in [0.1, 0.15) is 0 Å². The first-order chi connectivity index (χ1) is 11.8. The zero-order valence-electron chi connectivity index (χ0n) is 13.9. The lowest BCUT2D eigenvalue weighted by molar-refractivity contribution is -0.137. The first-order valence-electron chi connectivity index (χ1n) is 8.10. The van der Waals surface area contributed by atoms with Crippen molar-refractivity contribution in [2.75, 3.05) is 5.73 Å². The molecule has 6 heteroatoms. The fourth-order valence-electron chi connectivity index (χ4n) is 2.61. The summed E-state index contributed by atoms with van der Waals surface area (Å²) in [6, 6.07) is 11.6. The molecule has 0 fully saturated rings. The van der Waals surface area contributed by atoms with Crippen molar-refractivity contribution in [2.24, 2.45) is 0 Å². The number of nitrogen functional groups attached to an aromatic ring is 1. The monoisotopic (exact) mass is 350 g/mol. The summed E-state index contributed by atoms with van der Waals surface area (Å²) < 4.78 is 38.7. The van der Waals surface area contributed by atoms with E-state index in [9.17, 15) is 18.0 Å². The zero-order valence-corrected chi connectivity index (χ0v) is 13.9. The van der Waals surface area contributed by atoms with Gasteiger partial charge >= 0.3 is 6.18 Å². The van der Waals surface area contributed by atoms with Gasteiger partial charge < -0.3 is 11.1 Å². The smallest absolute Gasteiger partial charge is 0.399 e. The van der Waals surface area contributed by atoms with Crippen LogP contribution in [0.25, 0.3) is 0 Å². The second kappa shape index (κ2) is 8.05. The Balaban J connectivity index is 2.12. The van der Waals surface area contributed by atoms with Gasteiger partial charge in [-0.15, -0.1) is 0 Å². The molecule has 0 heterocycles. The summed E-state index contributed by atoms with van der Waals surface area (Å²) in [7, 11) is 0. The third-order valence-corrected chi connectivity index (χ3v) is 3.87. The van der Waals surface area contributed by atoms with Crippen LogP contribution in [0.3, 0.4) is 0 Å². The fraction of sp³-hybridized carbons (Fsp3) is 0.316. The van der Waals surface area contributed by atoms with Gasteiger partial charge in [-0.3, -0.25) is 4.79 Å². The largest absolute Gasteiger partial charge is 0.416 e. The molecule has 0 radical (unpaired) electrons. The lowest BCUT2D eigenvalue weighted by atomic mass is 9.99. The summed E-state index contributed by atoms with van der Waals surface area (Å²) in [5, 5.41) is 2.84. The highest BCUT2D eigenvalue weighted by Crippen LogP contribution is 2.31. The summed E-state index contributed by atoms with van der Waals surface area (Å²) in [4.78, 5) is 12.3. The molecule has 3 nitrogen and oxygen atoms in total. The van der Waals surface area contributed by atoms with E-state index in [2.05, 4.69) is 5.32 Å². The van der Waals surface area contributed by atoms with Gasteiger partial charge in [-0.2, -0.15) is 13.2 Å². The molecule has 1 unspecified atom stereocenters. The molecule has 0 bridgehead atoms. The summed E-state index contributed by atoms with van der Waals surface area (Å²) in [6.45, 7) is 1.92. The molecule has 2 aromatic rings. The van der Waals surface area contributed by atoms with Crippen LogP contribution in [0.15, 0.2) is 48.5 Å². The van der Waals surface area contributed by atoms with Gasteiger partial charge in [0.05, 0.1) is 18.0 Å². The molecule has 1 amide bonds. The molecule has 0 saturated carbocycles. The molecule has 0 spiro atoms. The Hall–Kier alpha value is -2.50. The number of nitrogens with one attached hydrogen (secondary N) is 1. The highest BCUT2D eigenvalue weighted by atomic mass is 19.4. The van der Waals surface area contributed by atoms with Crippen molar-refractivity contribution in [2.45, 2.75) is 38.4 Å². The van der Waals surface area contributed by atoms with Crippen LogP contribution in [-0.2, 0) is 17.4 Å². The number of rotatable bonds is 6. The van der Waals surface area contributed by atoms with E-state index in [0.717, 1.165) is 24.1 Å². The normalized spacial score (nSPS) is 12.6. The number of carbonyl (C=O) groups is 1. The van der Waals surface area contributed by atoms with Crippen molar-refractivity contribution in [1.29, 1.82) is 0 Å². The van der Waals surface area contributed by atoms with E-state index in [-0.39, 0.29) is 12.3 Å². The topological polar surface area (TPSA) is 55.1 Å². The summed E-state index contributed by atoms with van der Waals surface area (Å²) in [5.41, 5.74) is 6.77. The van der Waals surface area contributed by atoms with Gasteiger partial charge in [-0.05, 0) is 41.8 Å². The van der Waals surface area contributed by atoms with Crippen LogP contribution in [0.1, 0.15) is 42.5 Å². The molecule has 0 aromatic heterocycles. The molecule has 2 rings (SSSR count). The number of hydrogen-bond acceptors (Lipinski definition) is 2. The first kappa shape index (κ1) is 18.8. The molecule has 2 aromatic carbocycles. The SMILES string of the molecule is CCCC(NC(=O)Cc1ccc(N)cc1)c1cccc(C(F)(F)F)c1. The van der Waals surface area contributed by atoms with Crippen molar-refractivity contribution < 1.29 is 18.0 Å². The van der Waals surface area contributed by atoms with Gasteiger partial charge in [0.25, 0.3) is 0 Å². The molecule has 0 aliphatic rings. The van der Waals surface area contributed by atoms with Crippen LogP contribution in [0.2, 0.25) is 0 Å². The number of carbonyl (C=O) groups excluding carboxylic acids is 1. The standard InChI is InChI=1S/C19H21F3N2O/c1-2-4-17(14-5-3-6-15(12-14)19(20,21)22)24-18(25)11-13-7-9-16(23)10-8-13/h3,5-10,12,17H,2,4,11,23H2,1H3,(H,24,25).